The van der Waals surface area contributed by atoms with Crippen LogP contribution in [0.25, 0.3) is 0 Å². The molecule has 0 spiro atoms. The van der Waals surface area contributed by atoms with Gasteiger partial charge in [-0.15, -0.1) is 0 Å². The van der Waals surface area contributed by atoms with E-state index in [1.165, 1.54) is 12.8 Å². The van der Waals surface area contributed by atoms with E-state index < -0.39 is 0 Å². The fraction of sp³-hybridized carbons (Fsp3) is 0.650. The molecule has 1 aromatic carbocycles. The quantitative estimate of drug-likeness (QED) is 0.428. The summed E-state index contributed by atoms with van der Waals surface area (Å²) in [5.41, 5.74) is 1.08. The van der Waals surface area contributed by atoms with E-state index in [2.05, 4.69) is 24.5 Å². The van der Waals surface area contributed by atoms with Gasteiger partial charge in [0.05, 0.1) is 6.54 Å². The van der Waals surface area contributed by atoms with Crippen molar-refractivity contribution in [3.8, 4) is 0 Å². The Morgan fingerprint density at radius 1 is 1.12 bits per heavy atom. The molecule has 0 amide bonds. The molecule has 1 aliphatic rings. The summed E-state index contributed by atoms with van der Waals surface area (Å²) in [6.45, 7) is 8.20. The predicted octanol–water partition coefficient (Wildman–Crippen LogP) is 3.62. The van der Waals surface area contributed by atoms with Crippen molar-refractivity contribution in [1.82, 2.24) is 10.6 Å². The summed E-state index contributed by atoms with van der Waals surface area (Å²) in [5, 5.41) is 6.75. The molecule has 0 aromatic heterocycles. The molecule has 140 valence electrons. The Bertz CT molecular complexity index is 524. The van der Waals surface area contributed by atoms with Crippen molar-refractivity contribution in [2.24, 2.45) is 4.99 Å². The molecule has 0 radical (unpaired) electrons. The SMILES string of the molecule is CCCCCNC(=NCC1(c2ccc(F)cc2)CCOCC1)NCC. The number of halogens is 1. The Morgan fingerprint density at radius 3 is 2.48 bits per heavy atom. The second kappa shape index (κ2) is 10.4. The minimum Gasteiger partial charge on any atom is -0.381 e. The molecule has 0 aliphatic carbocycles. The lowest BCUT2D eigenvalue weighted by Crippen LogP contribution is -2.41. The van der Waals surface area contributed by atoms with Crippen LogP contribution < -0.4 is 10.6 Å². The molecule has 0 saturated carbocycles. The van der Waals surface area contributed by atoms with E-state index >= 15 is 0 Å². The van der Waals surface area contributed by atoms with Crippen LogP contribution in [0, 0.1) is 5.82 Å². The fourth-order valence-corrected chi connectivity index (χ4v) is 3.26. The maximum absolute atomic E-state index is 13.3. The van der Waals surface area contributed by atoms with Gasteiger partial charge in [0.1, 0.15) is 5.82 Å². The maximum atomic E-state index is 13.3. The van der Waals surface area contributed by atoms with Gasteiger partial charge in [0.2, 0.25) is 0 Å². The highest BCUT2D eigenvalue weighted by Crippen LogP contribution is 2.35. The van der Waals surface area contributed by atoms with Crippen LogP contribution in [0.5, 0.6) is 0 Å². The van der Waals surface area contributed by atoms with Gasteiger partial charge in [-0.1, -0.05) is 31.9 Å². The molecule has 1 aromatic rings. The number of benzene rings is 1. The normalized spacial score (nSPS) is 17.3. The Labute approximate surface area is 151 Å². The lowest BCUT2D eigenvalue weighted by atomic mass is 9.74. The molecule has 5 heteroatoms. The van der Waals surface area contributed by atoms with Gasteiger partial charge in [0.15, 0.2) is 5.96 Å². The van der Waals surface area contributed by atoms with Crippen molar-refractivity contribution >= 4 is 5.96 Å². The number of ether oxygens (including phenoxy) is 1. The molecule has 1 saturated heterocycles. The first-order chi connectivity index (χ1) is 12.2. The van der Waals surface area contributed by atoms with Gasteiger partial charge in [-0.05, 0) is 43.9 Å². The summed E-state index contributed by atoms with van der Waals surface area (Å²) < 4.78 is 18.9. The van der Waals surface area contributed by atoms with Gasteiger partial charge in [0.25, 0.3) is 0 Å². The van der Waals surface area contributed by atoms with E-state index in [1.54, 1.807) is 12.1 Å². The number of rotatable bonds is 8. The smallest absolute Gasteiger partial charge is 0.191 e. The molecular formula is C20H32FN3O. The average molecular weight is 349 g/mol. The second-order valence-electron chi connectivity index (χ2n) is 6.73. The topological polar surface area (TPSA) is 45.7 Å². The minimum absolute atomic E-state index is 0.0717. The first kappa shape index (κ1) is 19.7. The third kappa shape index (κ3) is 5.99. The van der Waals surface area contributed by atoms with Gasteiger partial charge in [0, 0.05) is 31.7 Å². The summed E-state index contributed by atoms with van der Waals surface area (Å²) in [4.78, 5) is 4.85. The first-order valence-electron chi connectivity index (χ1n) is 9.56. The Hall–Kier alpha value is -1.62. The van der Waals surface area contributed by atoms with Crippen molar-refractivity contribution in [3.63, 3.8) is 0 Å². The predicted molar refractivity (Wildman–Crippen MR) is 102 cm³/mol. The summed E-state index contributed by atoms with van der Waals surface area (Å²) in [6.07, 6.45) is 5.42. The number of guanidine groups is 1. The zero-order valence-electron chi connectivity index (χ0n) is 15.6. The van der Waals surface area contributed by atoms with Gasteiger partial charge < -0.3 is 15.4 Å². The highest BCUT2D eigenvalue weighted by atomic mass is 19.1. The van der Waals surface area contributed by atoms with E-state index in [0.717, 1.165) is 57.1 Å². The summed E-state index contributed by atoms with van der Waals surface area (Å²) >= 11 is 0. The van der Waals surface area contributed by atoms with Crippen molar-refractivity contribution in [3.05, 3.63) is 35.6 Å². The number of hydrogen-bond acceptors (Lipinski definition) is 2. The van der Waals surface area contributed by atoms with E-state index in [4.69, 9.17) is 9.73 Å². The van der Waals surface area contributed by atoms with Crippen LogP contribution in [0.4, 0.5) is 4.39 Å². The Balaban J connectivity index is 2.09. The maximum Gasteiger partial charge on any atom is 0.191 e. The van der Waals surface area contributed by atoms with Crippen molar-refractivity contribution < 1.29 is 9.13 Å². The number of unbranched alkanes of at least 4 members (excludes halogenated alkanes) is 2. The highest BCUT2D eigenvalue weighted by molar-refractivity contribution is 5.79. The third-order valence-corrected chi connectivity index (χ3v) is 4.86. The summed E-state index contributed by atoms with van der Waals surface area (Å²) in [6, 6.07) is 6.89. The molecule has 0 atom stereocenters. The van der Waals surface area contributed by atoms with E-state index in [-0.39, 0.29) is 11.2 Å². The van der Waals surface area contributed by atoms with Crippen LogP contribution in [-0.4, -0.2) is 38.8 Å². The Morgan fingerprint density at radius 2 is 1.84 bits per heavy atom. The van der Waals surface area contributed by atoms with Crippen LogP contribution in [0.15, 0.2) is 29.3 Å². The zero-order chi connectivity index (χ0) is 18.0. The van der Waals surface area contributed by atoms with Crippen molar-refractivity contribution in [2.75, 3.05) is 32.8 Å². The Kier molecular flexibility index (Phi) is 8.19. The standard InChI is InChI=1S/C20H32FN3O/c1-3-5-6-13-23-19(22-4-2)24-16-20(11-14-25-15-12-20)17-7-9-18(21)10-8-17/h7-10H,3-6,11-16H2,1-2H3,(H2,22,23,24). The lowest BCUT2D eigenvalue weighted by Gasteiger charge is -2.36. The van der Waals surface area contributed by atoms with Crippen molar-refractivity contribution in [2.45, 2.75) is 51.4 Å². The molecule has 1 heterocycles. The molecule has 25 heavy (non-hydrogen) atoms. The van der Waals surface area contributed by atoms with Crippen LogP contribution in [0.3, 0.4) is 0 Å². The van der Waals surface area contributed by atoms with Crippen LogP contribution in [0.1, 0.15) is 51.5 Å². The minimum atomic E-state index is -0.194. The largest absolute Gasteiger partial charge is 0.381 e. The average Bonchev–Trinajstić information content (AvgIpc) is 2.64. The third-order valence-electron chi connectivity index (χ3n) is 4.86. The monoisotopic (exact) mass is 349 g/mol. The molecule has 0 bridgehead atoms. The molecular weight excluding hydrogens is 317 g/mol. The van der Waals surface area contributed by atoms with Crippen LogP contribution >= 0.6 is 0 Å². The van der Waals surface area contributed by atoms with E-state index in [1.807, 2.05) is 12.1 Å². The number of aliphatic imine (C=N–C) groups is 1. The van der Waals surface area contributed by atoms with Crippen molar-refractivity contribution in [1.29, 1.82) is 0 Å². The van der Waals surface area contributed by atoms with E-state index in [9.17, 15) is 4.39 Å². The lowest BCUT2D eigenvalue weighted by molar-refractivity contribution is 0.0531. The number of hydrogen-bond donors (Lipinski definition) is 2. The molecule has 4 nitrogen and oxygen atoms in total. The van der Waals surface area contributed by atoms with Gasteiger partial charge in [-0.2, -0.15) is 0 Å². The first-order valence-corrected chi connectivity index (χ1v) is 9.56. The number of nitrogens with zero attached hydrogens (tertiary/aromatic N) is 1. The summed E-state index contributed by atoms with van der Waals surface area (Å²) in [7, 11) is 0. The summed E-state index contributed by atoms with van der Waals surface area (Å²) in [5.74, 6) is 0.673. The molecule has 2 N–H and O–H groups in total. The van der Waals surface area contributed by atoms with Gasteiger partial charge in [-0.25, -0.2) is 4.39 Å². The van der Waals surface area contributed by atoms with Gasteiger partial charge >= 0.3 is 0 Å². The highest BCUT2D eigenvalue weighted by Gasteiger charge is 2.34. The van der Waals surface area contributed by atoms with Crippen LogP contribution in [0.2, 0.25) is 0 Å². The zero-order valence-corrected chi connectivity index (χ0v) is 15.6. The molecule has 1 fully saturated rings. The van der Waals surface area contributed by atoms with Gasteiger partial charge in [-0.3, -0.25) is 4.99 Å². The second-order valence-corrected chi connectivity index (χ2v) is 6.73. The van der Waals surface area contributed by atoms with Crippen LogP contribution in [-0.2, 0) is 10.2 Å². The number of nitrogens with one attached hydrogen (secondary N) is 2. The molecule has 1 aliphatic heterocycles. The fourth-order valence-electron chi connectivity index (χ4n) is 3.26. The molecule has 2 rings (SSSR count). The molecule has 0 unspecified atom stereocenters. The van der Waals surface area contributed by atoms with E-state index in [0.29, 0.717) is 6.54 Å².